The van der Waals surface area contributed by atoms with E-state index < -0.39 is 82.1 Å². The van der Waals surface area contributed by atoms with Crippen molar-refractivity contribution in [2.75, 3.05) is 13.8 Å². The van der Waals surface area contributed by atoms with Gasteiger partial charge in [-0.2, -0.15) is 0 Å². The molecule has 1 heterocycles. The molecule has 1 atom stereocenters. The third-order valence-corrected chi connectivity index (χ3v) is 4.28. The normalized spacial score (nSPS) is 16.7. The quantitative estimate of drug-likeness (QED) is 0.330. The number of dihydropyridines is 1. The molecule has 1 aromatic rings. The Morgan fingerprint density at radius 2 is 1.43 bits per heavy atom. The van der Waals surface area contributed by atoms with Gasteiger partial charge in [0, 0.05) is 11.3 Å². The molecule has 5 nitrogen and oxygen atoms in total. The van der Waals surface area contributed by atoms with Crippen molar-refractivity contribution < 1.29 is 45.4 Å². The molecule has 0 amide bonds. The first-order valence-corrected chi connectivity index (χ1v) is 8.55. The minimum Gasteiger partial charge on any atom is -0.466 e. The zero-order chi connectivity index (χ0) is 22.9. The summed E-state index contributed by atoms with van der Waals surface area (Å²) in [5.41, 5.74) is -3.73. The van der Waals surface area contributed by atoms with Crippen molar-refractivity contribution in [1.29, 1.82) is 0 Å². The van der Waals surface area contributed by atoms with Crippen molar-refractivity contribution >= 4 is 11.9 Å². The van der Waals surface area contributed by atoms with Gasteiger partial charge in [0.1, 0.15) is 6.67 Å². The van der Waals surface area contributed by atoms with Gasteiger partial charge in [-0.05, 0) is 20.8 Å². The van der Waals surface area contributed by atoms with Crippen LogP contribution in [0.2, 0.25) is 0 Å². The van der Waals surface area contributed by atoms with E-state index in [1.165, 1.54) is 20.8 Å². The summed E-state index contributed by atoms with van der Waals surface area (Å²) in [5, 5.41) is 2.39. The van der Waals surface area contributed by atoms with Crippen molar-refractivity contribution in [2.45, 2.75) is 32.8 Å². The lowest BCUT2D eigenvalue weighted by atomic mass is 9.79. The topological polar surface area (TPSA) is 64.6 Å². The summed E-state index contributed by atoms with van der Waals surface area (Å²) in [5.74, 6) is -16.3. The predicted octanol–water partition coefficient (Wildman–Crippen LogP) is 3.69. The number of nitrogens with one attached hydrogen (secondary N) is 1. The lowest BCUT2D eigenvalue weighted by Crippen LogP contribution is -2.35. The molecule has 0 fully saturated rings. The number of methoxy groups -OCH3 is 1. The lowest BCUT2D eigenvalue weighted by molar-refractivity contribution is -0.143. The molecule has 0 saturated carbocycles. The van der Waals surface area contributed by atoms with Gasteiger partial charge in [-0.3, -0.25) is 0 Å². The second-order valence-corrected chi connectivity index (χ2v) is 6.55. The number of allylic oxidation sites excluding steroid dienone is 2. The van der Waals surface area contributed by atoms with Crippen LogP contribution in [0.25, 0.3) is 0 Å². The number of hydrogen-bond acceptors (Lipinski definition) is 5. The van der Waals surface area contributed by atoms with Crippen LogP contribution in [0.4, 0.5) is 26.3 Å². The molecule has 0 aliphatic carbocycles. The molecule has 30 heavy (non-hydrogen) atoms. The second kappa shape index (κ2) is 8.80. The van der Waals surface area contributed by atoms with E-state index in [0.717, 1.165) is 7.11 Å². The maximum Gasteiger partial charge on any atom is 0.337 e. The Bertz CT molecular complexity index is 941. The van der Waals surface area contributed by atoms with Crippen LogP contribution in [0, 0.1) is 29.1 Å². The smallest absolute Gasteiger partial charge is 0.337 e. The van der Waals surface area contributed by atoms with Crippen LogP contribution in [-0.2, 0) is 19.1 Å². The molecular formula is C19H17F6NO4. The summed E-state index contributed by atoms with van der Waals surface area (Å²) < 4.78 is 93.5. The van der Waals surface area contributed by atoms with E-state index in [9.17, 15) is 35.9 Å². The number of rotatable bonds is 5. The molecule has 164 valence electrons. The van der Waals surface area contributed by atoms with Gasteiger partial charge in [-0.1, -0.05) is 0 Å². The Morgan fingerprint density at radius 3 is 1.87 bits per heavy atom. The number of hydrogen-bond donors (Lipinski definition) is 1. The average Bonchev–Trinajstić information content (AvgIpc) is 2.69. The van der Waals surface area contributed by atoms with Crippen molar-refractivity contribution in [3.05, 3.63) is 57.2 Å². The van der Waals surface area contributed by atoms with Crippen LogP contribution in [0.3, 0.4) is 0 Å². The standard InChI is InChI=1S/C19H17F6NO4/c1-6(2)30-19(28)9-7(3)26-8(5-20)10(18(27)29-4)11(9)12-13(21)15(23)17(25)16(24)14(12)22/h6,11,26H,5H2,1-4H3. The Hall–Kier alpha value is -2.98. The summed E-state index contributed by atoms with van der Waals surface area (Å²) >= 11 is 0. The first-order chi connectivity index (χ1) is 14.0. The SMILES string of the molecule is COC(=O)C1=C(CF)NC(C)=C(C(=O)OC(C)C)C1c1c(F)c(F)c(F)c(F)c1F. The number of esters is 2. The summed E-state index contributed by atoms with van der Waals surface area (Å²) in [7, 11) is 0.859. The lowest BCUT2D eigenvalue weighted by Gasteiger charge is -2.31. The van der Waals surface area contributed by atoms with Gasteiger partial charge >= 0.3 is 11.9 Å². The maximum atomic E-state index is 14.6. The van der Waals surface area contributed by atoms with Gasteiger partial charge in [-0.15, -0.1) is 0 Å². The molecule has 1 aromatic carbocycles. The zero-order valence-electron chi connectivity index (χ0n) is 16.3. The van der Waals surface area contributed by atoms with E-state index in [1.807, 2.05) is 0 Å². The van der Waals surface area contributed by atoms with Crippen LogP contribution >= 0.6 is 0 Å². The fourth-order valence-corrected chi connectivity index (χ4v) is 3.06. The summed E-state index contributed by atoms with van der Waals surface area (Å²) in [6, 6.07) is 0. The minimum atomic E-state index is -2.43. The van der Waals surface area contributed by atoms with Crippen molar-refractivity contribution in [2.24, 2.45) is 0 Å². The van der Waals surface area contributed by atoms with Gasteiger partial charge in [0.15, 0.2) is 23.3 Å². The van der Waals surface area contributed by atoms with E-state index in [4.69, 9.17) is 4.74 Å². The van der Waals surface area contributed by atoms with Crippen molar-refractivity contribution in [1.82, 2.24) is 5.32 Å². The van der Waals surface area contributed by atoms with Gasteiger partial charge in [0.05, 0.1) is 36.0 Å². The predicted molar refractivity (Wildman–Crippen MR) is 91.1 cm³/mol. The number of carbonyl (C=O) groups is 2. The Kier molecular flexibility index (Phi) is 6.84. The Labute approximate surface area is 167 Å². The third kappa shape index (κ3) is 3.88. The number of benzene rings is 1. The third-order valence-electron chi connectivity index (χ3n) is 4.28. The number of alkyl halides is 1. The van der Waals surface area contributed by atoms with E-state index >= 15 is 0 Å². The molecule has 0 bridgehead atoms. The molecule has 1 aliphatic heterocycles. The highest BCUT2D eigenvalue weighted by Gasteiger charge is 2.43. The number of halogens is 6. The molecule has 11 heteroatoms. The molecule has 0 radical (unpaired) electrons. The van der Waals surface area contributed by atoms with Crippen molar-refractivity contribution in [3.8, 4) is 0 Å². The van der Waals surface area contributed by atoms with E-state index in [1.54, 1.807) is 0 Å². The van der Waals surface area contributed by atoms with Gasteiger partial charge in [0.25, 0.3) is 0 Å². The van der Waals surface area contributed by atoms with Crippen molar-refractivity contribution in [3.63, 3.8) is 0 Å². The highest BCUT2D eigenvalue weighted by molar-refractivity contribution is 6.00. The average molecular weight is 437 g/mol. The summed E-state index contributed by atoms with van der Waals surface area (Å²) in [6.07, 6.45) is -0.733. The fraction of sp³-hybridized carbons (Fsp3) is 0.368. The summed E-state index contributed by atoms with van der Waals surface area (Å²) in [6.45, 7) is 2.70. The van der Waals surface area contributed by atoms with Crippen LogP contribution in [0.15, 0.2) is 22.5 Å². The molecule has 0 aromatic heterocycles. The Balaban J connectivity index is 2.95. The van der Waals surface area contributed by atoms with E-state index in [-0.39, 0.29) is 5.70 Å². The first kappa shape index (κ1) is 23.3. The molecule has 1 N–H and O–H groups in total. The second-order valence-electron chi connectivity index (χ2n) is 6.55. The molecule has 0 spiro atoms. The largest absolute Gasteiger partial charge is 0.466 e. The van der Waals surface area contributed by atoms with Crippen LogP contribution in [-0.4, -0.2) is 31.8 Å². The highest BCUT2D eigenvalue weighted by atomic mass is 19.2. The van der Waals surface area contributed by atoms with Crippen LogP contribution in [0.1, 0.15) is 32.3 Å². The van der Waals surface area contributed by atoms with Gasteiger partial charge in [0.2, 0.25) is 5.82 Å². The van der Waals surface area contributed by atoms with E-state index in [0.29, 0.717) is 0 Å². The molecular weight excluding hydrogens is 420 g/mol. The monoisotopic (exact) mass is 437 g/mol. The Morgan fingerprint density at radius 1 is 0.933 bits per heavy atom. The molecule has 1 aliphatic rings. The maximum absolute atomic E-state index is 14.6. The molecule has 0 saturated heterocycles. The fourth-order valence-electron chi connectivity index (χ4n) is 3.06. The molecule has 1 unspecified atom stereocenters. The zero-order valence-corrected chi connectivity index (χ0v) is 16.3. The minimum absolute atomic E-state index is 0.199. The number of carbonyl (C=O) groups excluding carboxylic acids is 2. The summed E-state index contributed by atoms with van der Waals surface area (Å²) in [4.78, 5) is 24.9. The highest BCUT2D eigenvalue weighted by Crippen LogP contribution is 2.43. The first-order valence-electron chi connectivity index (χ1n) is 8.55. The number of ether oxygens (including phenoxy) is 2. The molecule has 2 rings (SSSR count). The van der Waals surface area contributed by atoms with Crippen LogP contribution < -0.4 is 5.32 Å². The van der Waals surface area contributed by atoms with Gasteiger partial charge < -0.3 is 14.8 Å². The van der Waals surface area contributed by atoms with E-state index in [2.05, 4.69) is 10.1 Å². The van der Waals surface area contributed by atoms with Gasteiger partial charge in [-0.25, -0.2) is 35.9 Å². The van der Waals surface area contributed by atoms with Crippen LogP contribution in [0.5, 0.6) is 0 Å².